The zero-order valence-corrected chi connectivity index (χ0v) is 12.3. The molecule has 110 valence electrons. The highest BCUT2D eigenvalue weighted by molar-refractivity contribution is 6.31. The first-order valence-corrected chi connectivity index (χ1v) is 6.72. The molecule has 2 aromatic rings. The van der Waals surface area contributed by atoms with Crippen molar-refractivity contribution in [3.63, 3.8) is 0 Å². The van der Waals surface area contributed by atoms with E-state index in [-0.39, 0.29) is 18.2 Å². The molecule has 0 saturated heterocycles. The summed E-state index contributed by atoms with van der Waals surface area (Å²) in [7, 11) is 0. The molecule has 2 aromatic carbocycles. The molecule has 0 aliphatic carbocycles. The van der Waals surface area contributed by atoms with Crippen LogP contribution in [-0.2, 0) is 0 Å². The van der Waals surface area contributed by atoms with Crippen LogP contribution in [0.15, 0.2) is 42.5 Å². The van der Waals surface area contributed by atoms with E-state index in [0.29, 0.717) is 15.8 Å². The normalized spacial score (nSPS) is 10.0. The van der Waals surface area contributed by atoms with E-state index in [1.54, 1.807) is 24.3 Å². The second-order valence-electron chi connectivity index (χ2n) is 4.03. The predicted octanol–water partition coefficient (Wildman–Crippen LogP) is 3.86. The minimum atomic E-state index is -0.526. The molecule has 0 heterocycles. The SMILES string of the molecule is O=C(NCOc1ccc(Cl)cc1)Nc1cc(Cl)ccc1O. The molecular weight excluding hydrogens is 315 g/mol. The van der Waals surface area contributed by atoms with Gasteiger partial charge in [0.1, 0.15) is 11.5 Å². The van der Waals surface area contributed by atoms with Crippen LogP contribution in [0.3, 0.4) is 0 Å². The van der Waals surface area contributed by atoms with E-state index < -0.39 is 6.03 Å². The van der Waals surface area contributed by atoms with Crippen LogP contribution in [0.1, 0.15) is 0 Å². The number of amides is 2. The molecule has 2 rings (SSSR count). The standard InChI is InChI=1S/C14H12Cl2N2O3/c15-9-1-4-11(5-2-9)21-8-17-14(20)18-12-7-10(16)3-6-13(12)19/h1-7,19H,8H2,(H2,17,18,20). The Bertz CT molecular complexity index is 633. The number of aromatic hydroxyl groups is 1. The third kappa shape index (κ3) is 4.73. The maximum Gasteiger partial charge on any atom is 0.321 e. The van der Waals surface area contributed by atoms with Crippen molar-refractivity contribution < 1.29 is 14.6 Å². The molecule has 0 aliphatic heterocycles. The molecule has 0 radical (unpaired) electrons. The van der Waals surface area contributed by atoms with E-state index in [1.165, 1.54) is 18.2 Å². The fourth-order valence-electron chi connectivity index (χ4n) is 1.49. The van der Waals surface area contributed by atoms with Gasteiger partial charge < -0.3 is 20.5 Å². The number of benzene rings is 2. The lowest BCUT2D eigenvalue weighted by Crippen LogP contribution is -2.32. The van der Waals surface area contributed by atoms with Gasteiger partial charge in [0, 0.05) is 10.0 Å². The molecule has 0 atom stereocenters. The first kappa shape index (κ1) is 15.3. The van der Waals surface area contributed by atoms with Crippen LogP contribution >= 0.6 is 23.2 Å². The van der Waals surface area contributed by atoms with Crippen molar-refractivity contribution in [3.8, 4) is 11.5 Å². The molecule has 0 aliphatic rings. The highest BCUT2D eigenvalue weighted by Gasteiger charge is 2.06. The van der Waals surface area contributed by atoms with Gasteiger partial charge in [-0.2, -0.15) is 0 Å². The van der Waals surface area contributed by atoms with E-state index in [9.17, 15) is 9.90 Å². The van der Waals surface area contributed by atoms with Crippen molar-refractivity contribution in [3.05, 3.63) is 52.5 Å². The largest absolute Gasteiger partial charge is 0.506 e. The lowest BCUT2D eigenvalue weighted by atomic mass is 10.3. The molecule has 0 fully saturated rings. The summed E-state index contributed by atoms with van der Waals surface area (Å²) < 4.78 is 5.30. The van der Waals surface area contributed by atoms with Crippen molar-refractivity contribution >= 4 is 34.9 Å². The number of nitrogens with one attached hydrogen (secondary N) is 2. The highest BCUT2D eigenvalue weighted by Crippen LogP contribution is 2.26. The van der Waals surface area contributed by atoms with Gasteiger partial charge in [0.25, 0.3) is 0 Å². The molecule has 7 heteroatoms. The summed E-state index contributed by atoms with van der Waals surface area (Å²) in [5.41, 5.74) is 0.214. The molecule has 0 saturated carbocycles. The summed E-state index contributed by atoms with van der Waals surface area (Å²) >= 11 is 11.5. The topological polar surface area (TPSA) is 70.6 Å². The van der Waals surface area contributed by atoms with Gasteiger partial charge in [0.2, 0.25) is 0 Å². The number of ether oxygens (including phenoxy) is 1. The average molecular weight is 327 g/mol. The summed E-state index contributed by atoms with van der Waals surface area (Å²) in [5.74, 6) is 0.499. The summed E-state index contributed by atoms with van der Waals surface area (Å²) in [6.45, 7) is -0.0329. The summed E-state index contributed by atoms with van der Waals surface area (Å²) in [5, 5.41) is 15.5. The van der Waals surface area contributed by atoms with Gasteiger partial charge in [0.05, 0.1) is 5.69 Å². The quantitative estimate of drug-likeness (QED) is 0.590. The van der Waals surface area contributed by atoms with Crippen LogP contribution in [-0.4, -0.2) is 17.9 Å². The van der Waals surface area contributed by atoms with Crippen molar-refractivity contribution in [1.82, 2.24) is 5.32 Å². The van der Waals surface area contributed by atoms with Gasteiger partial charge in [-0.15, -0.1) is 0 Å². The van der Waals surface area contributed by atoms with Gasteiger partial charge in [0.15, 0.2) is 6.73 Å². The fraction of sp³-hybridized carbons (Fsp3) is 0.0714. The number of anilines is 1. The van der Waals surface area contributed by atoms with Crippen LogP contribution in [0.25, 0.3) is 0 Å². The van der Waals surface area contributed by atoms with Crippen molar-refractivity contribution in [2.24, 2.45) is 0 Å². The van der Waals surface area contributed by atoms with Crippen LogP contribution in [0.4, 0.5) is 10.5 Å². The lowest BCUT2D eigenvalue weighted by Gasteiger charge is -2.10. The third-order valence-electron chi connectivity index (χ3n) is 2.49. The summed E-state index contributed by atoms with van der Waals surface area (Å²) in [6, 6.07) is 10.6. The number of carbonyl (C=O) groups is 1. The number of carbonyl (C=O) groups excluding carboxylic acids is 1. The Labute approximate surface area is 131 Å². The number of hydrogen-bond donors (Lipinski definition) is 3. The van der Waals surface area contributed by atoms with Crippen molar-refractivity contribution in [1.29, 1.82) is 0 Å². The van der Waals surface area contributed by atoms with Crippen molar-refractivity contribution in [2.75, 3.05) is 12.0 Å². The molecule has 3 N–H and O–H groups in total. The summed E-state index contributed by atoms with van der Waals surface area (Å²) in [4.78, 5) is 11.6. The molecule has 0 spiro atoms. The van der Waals surface area contributed by atoms with Crippen LogP contribution in [0.5, 0.6) is 11.5 Å². The molecule has 0 unspecified atom stereocenters. The van der Waals surface area contributed by atoms with Crippen LogP contribution < -0.4 is 15.4 Å². The predicted molar refractivity (Wildman–Crippen MR) is 82.2 cm³/mol. The van der Waals surface area contributed by atoms with E-state index >= 15 is 0 Å². The molecule has 0 bridgehead atoms. The average Bonchev–Trinajstić information content (AvgIpc) is 2.45. The Balaban J connectivity index is 1.82. The lowest BCUT2D eigenvalue weighted by molar-refractivity contribution is 0.234. The number of phenols is 1. The maximum absolute atomic E-state index is 11.6. The molecular formula is C14H12Cl2N2O3. The second-order valence-corrected chi connectivity index (χ2v) is 4.91. The Kier molecular flexibility index (Phi) is 5.14. The van der Waals surface area contributed by atoms with E-state index in [0.717, 1.165) is 0 Å². The van der Waals surface area contributed by atoms with Gasteiger partial charge in [-0.1, -0.05) is 23.2 Å². The van der Waals surface area contributed by atoms with Gasteiger partial charge in [-0.3, -0.25) is 0 Å². The minimum Gasteiger partial charge on any atom is -0.506 e. The highest BCUT2D eigenvalue weighted by atomic mass is 35.5. The second kappa shape index (κ2) is 7.06. The van der Waals surface area contributed by atoms with E-state index in [1.807, 2.05) is 0 Å². The zero-order chi connectivity index (χ0) is 15.2. The maximum atomic E-state index is 11.6. The van der Waals surface area contributed by atoms with Crippen molar-refractivity contribution in [2.45, 2.75) is 0 Å². The monoisotopic (exact) mass is 326 g/mol. The Morgan fingerprint density at radius 1 is 1.10 bits per heavy atom. The number of hydrogen-bond acceptors (Lipinski definition) is 3. The fourth-order valence-corrected chi connectivity index (χ4v) is 1.79. The Hall–Kier alpha value is -2.11. The number of urea groups is 1. The summed E-state index contributed by atoms with van der Waals surface area (Å²) in [6.07, 6.45) is 0. The first-order valence-electron chi connectivity index (χ1n) is 5.96. The minimum absolute atomic E-state index is 0.0329. The Morgan fingerprint density at radius 2 is 1.76 bits per heavy atom. The first-order chi connectivity index (χ1) is 10.0. The van der Waals surface area contributed by atoms with Gasteiger partial charge in [-0.25, -0.2) is 4.79 Å². The van der Waals surface area contributed by atoms with Crippen LogP contribution in [0, 0.1) is 0 Å². The van der Waals surface area contributed by atoms with Gasteiger partial charge in [-0.05, 0) is 42.5 Å². The number of phenolic OH excluding ortho intramolecular Hbond substituents is 1. The molecule has 21 heavy (non-hydrogen) atoms. The zero-order valence-electron chi connectivity index (χ0n) is 10.8. The Morgan fingerprint density at radius 3 is 2.48 bits per heavy atom. The number of rotatable bonds is 4. The molecule has 0 aromatic heterocycles. The van der Waals surface area contributed by atoms with E-state index in [4.69, 9.17) is 27.9 Å². The molecule has 5 nitrogen and oxygen atoms in total. The van der Waals surface area contributed by atoms with Crippen LogP contribution in [0.2, 0.25) is 10.0 Å². The van der Waals surface area contributed by atoms with Gasteiger partial charge >= 0.3 is 6.03 Å². The third-order valence-corrected chi connectivity index (χ3v) is 2.98. The number of halogens is 2. The van der Waals surface area contributed by atoms with E-state index in [2.05, 4.69) is 10.6 Å². The smallest absolute Gasteiger partial charge is 0.321 e. The molecule has 2 amide bonds.